The Bertz CT molecular complexity index is 653. The first-order valence-electron chi connectivity index (χ1n) is 5.74. The van der Waals surface area contributed by atoms with Gasteiger partial charge in [-0.1, -0.05) is 12.1 Å². The molecule has 1 heterocycles. The quantitative estimate of drug-likeness (QED) is 0.269. The van der Waals surface area contributed by atoms with E-state index in [0.717, 1.165) is 27.0 Å². The Morgan fingerprint density at radius 1 is 1.38 bits per heavy atom. The van der Waals surface area contributed by atoms with Crippen LogP contribution in [0.25, 0.3) is 0 Å². The van der Waals surface area contributed by atoms with Gasteiger partial charge in [-0.25, -0.2) is 4.79 Å². The number of rotatable bonds is 3. The molecule has 6 nitrogen and oxygen atoms in total. The van der Waals surface area contributed by atoms with Gasteiger partial charge in [-0.05, 0) is 52.0 Å². The Balaban J connectivity index is 2.03. The fourth-order valence-electron chi connectivity index (χ4n) is 1.34. The number of ether oxygens (including phenoxy) is 1. The Kier molecular flexibility index (Phi) is 5.51. The molecule has 1 fully saturated rings. The molecule has 2 rings (SSSR count). The molecule has 1 aromatic carbocycles. The van der Waals surface area contributed by atoms with Crippen molar-refractivity contribution in [2.24, 2.45) is 10.2 Å². The minimum Gasteiger partial charge on any atom is -0.466 e. The first-order valence-corrected chi connectivity index (χ1v) is 7.63. The van der Waals surface area contributed by atoms with E-state index in [0.29, 0.717) is 5.17 Å². The van der Waals surface area contributed by atoms with E-state index >= 15 is 0 Å². The van der Waals surface area contributed by atoms with Crippen LogP contribution in [0.5, 0.6) is 0 Å². The molecule has 1 aromatic rings. The van der Waals surface area contributed by atoms with Crippen molar-refractivity contribution in [3.05, 3.63) is 44.4 Å². The zero-order valence-corrected chi connectivity index (χ0v) is 13.8. The van der Waals surface area contributed by atoms with Gasteiger partial charge in [0.2, 0.25) is 0 Å². The fraction of sp³-hybridized carbons (Fsp3) is 0.0769. The van der Waals surface area contributed by atoms with Crippen LogP contribution in [0.15, 0.2) is 45.4 Å². The SMILES string of the molecule is COC(=O)/C=C1/S/C(=N\N=Cc2ccc(I)cc2)NC1=O. The number of amidine groups is 1. The van der Waals surface area contributed by atoms with Gasteiger partial charge >= 0.3 is 5.97 Å². The number of carbonyl (C=O) groups is 2. The highest BCUT2D eigenvalue weighted by molar-refractivity contribution is 14.1. The highest BCUT2D eigenvalue weighted by atomic mass is 127. The topological polar surface area (TPSA) is 80.1 Å². The number of halogens is 1. The Morgan fingerprint density at radius 3 is 2.76 bits per heavy atom. The molecule has 1 amide bonds. The lowest BCUT2D eigenvalue weighted by atomic mass is 10.2. The lowest BCUT2D eigenvalue weighted by Gasteiger charge is -1.92. The summed E-state index contributed by atoms with van der Waals surface area (Å²) >= 11 is 3.25. The maximum Gasteiger partial charge on any atom is 0.331 e. The third-order valence-corrected chi connectivity index (χ3v) is 3.95. The van der Waals surface area contributed by atoms with E-state index in [2.05, 4.69) is 42.8 Å². The highest BCUT2D eigenvalue weighted by Gasteiger charge is 2.24. The third kappa shape index (κ3) is 4.67. The minimum atomic E-state index is -0.587. The number of carbonyl (C=O) groups excluding carboxylic acids is 2. The van der Waals surface area contributed by atoms with Crippen molar-refractivity contribution in [1.82, 2.24) is 5.32 Å². The molecule has 0 spiro atoms. The van der Waals surface area contributed by atoms with Crippen LogP contribution < -0.4 is 5.32 Å². The molecule has 1 N–H and O–H groups in total. The number of hydrogen-bond acceptors (Lipinski definition) is 6. The van der Waals surface area contributed by atoms with Gasteiger partial charge in [-0.15, -0.1) is 5.10 Å². The van der Waals surface area contributed by atoms with Crippen LogP contribution in [0.1, 0.15) is 5.56 Å². The zero-order valence-electron chi connectivity index (χ0n) is 10.9. The Hall–Kier alpha value is -1.68. The summed E-state index contributed by atoms with van der Waals surface area (Å²) in [4.78, 5) is 22.9. The largest absolute Gasteiger partial charge is 0.466 e. The second-order valence-electron chi connectivity index (χ2n) is 3.79. The van der Waals surface area contributed by atoms with Gasteiger partial charge in [-0.2, -0.15) is 5.10 Å². The average molecular weight is 415 g/mol. The third-order valence-electron chi connectivity index (χ3n) is 2.33. The second kappa shape index (κ2) is 7.36. The number of methoxy groups -OCH3 is 1. The predicted octanol–water partition coefficient (Wildman–Crippen LogP) is 1.90. The van der Waals surface area contributed by atoms with Crippen molar-refractivity contribution in [3.63, 3.8) is 0 Å². The van der Waals surface area contributed by atoms with Gasteiger partial charge in [0.05, 0.1) is 18.2 Å². The van der Waals surface area contributed by atoms with E-state index in [-0.39, 0.29) is 4.91 Å². The molecule has 108 valence electrons. The second-order valence-corrected chi connectivity index (χ2v) is 6.07. The van der Waals surface area contributed by atoms with Gasteiger partial charge in [0, 0.05) is 9.65 Å². The molecule has 21 heavy (non-hydrogen) atoms. The number of thioether (sulfide) groups is 1. The molecule has 0 aromatic heterocycles. The molecule has 0 aliphatic carbocycles. The molecule has 0 atom stereocenters. The molecule has 8 heteroatoms. The first kappa shape index (κ1) is 15.7. The summed E-state index contributed by atoms with van der Waals surface area (Å²) < 4.78 is 5.60. The Labute approximate surface area is 138 Å². The summed E-state index contributed by atoms with van der Waals surface area (Å²) in [6.45, 7) is 0. The lowest BCUT2D eigenvalue weighted by molar-refractivity contribution is -0.135. The first-order chi connectivity index (χ1) is 10.1. The van der Waals surface area contributed by atoms with E-state index in [9.17, 15) is 9.59 Å². The van der Waals surface area contributed by atoms with Crippen LogP contribution in [0.3, 0.4) is 0 Å². The molecular formula is C13H10IN3O3S. The summed E-state index contributed by atoms with van der Waals surface area (Å²) in [6.07, 6.45) is 2.70. The summed E-state index contributed by atoms with van der Waals surface area (Å²) in [5.41, 5.74) is 0.902. The van der Waals surface area contributed by atoms with Gasteiger partial charge in [0.1, 0.15) is 0 Å². The van der Waals surface area contributed by atoms with Gasteiger partial charge < -0.3 is 4.74 Å². The van der Waals surface area contributed by atoms with Crippen LogP contribution in [0.2, 0.25) is 0 Å². The summed E-state index contributed by atoms with van der Waals surface area (Å²) in [5.74, 6) is -0.982. The molecule has 1 aliphatic heterocycles. The highest BCUT2D eigenvalue weighted by Crippen LogP contribution is 2.23. The summed E-state index contributed by atoms with van der Waals surface area (Å²) in [6, 6.07) is 7.74. The fourth-order valence-corrected chi connectivity index (χ4v) is 2.44. The van der Waals surface area contributed by atoms with Gasteiger partial charge in [0.15, 0.2) is 5.17 Å². The number of hydrogen-bond donors (Lipinski definition) is 1. The monoisotopic (exact) mass is 415 g/mol. The van der Waals surface area contributed by atoms with Crippen LogP contribution in [0, 0.1) is 3.57 Å². The van der Waals surface area contributed by atoms with Crippen molar-refractivity contribution in [3.8, 4) is 0 Å². The van der Waals surface area contributed by atoms with E-state index in [4.69, 9.17) is 0 Å². The number of benzene rings is 1. The zero-order chi connectivity index (χ0) is 15.2. The molecule has 0 unspecified atom stereocenters. The van der Waals surface area contributed by atoms with Crippen LogP contribution in [0.4, 0.5) is 0 Å². The van der Waals surface area contributed by atoms with Crippen LogP contribution in [-0.4, -0.2) is 30.4 Å². The van der Waals surface area contributed by atoms with Crippen molar-refractivity contribution in [2.75, 3.05) is 7.11 Å². The maximum atomic E-state index is 11.6. The lowest BCUT2D eigenvalue weighted by Crippen LogP contribution is -2.19. The number of nitrogens with one attached hydrogen (secondary N) is 1. The molecule has 0 bridgehead atoms. The van der Waals surface area contributed by atoms with Crippen molar-refractivity contribution >= 4 is 57.6 Å². The standard InChI is InChI=1S/C13H10IN3O3S/c1-20-11(18)6-10-12(19)16-13(21-10)17-15-7-8-2-4-9(14)5-3-8/h2-7H,1H3,(H,16,17,19)/b10-6+,15-7?. The van der Waals surface area contributed by atoms with Gasteiger partial charge in [-0.3, -0.25) is 10.1 Å². The molecule has 1 saturated heterocycles. The smallest absolute Gasteiger partial charge is 0.331 e. The summed E-state index contributed by atoms with van der Waals surface area (Å²) in [5, 5.41) is 10.6. The van der Waals surface area contributed by atoms with Crippen molar-refractivity contribution in [1.29, 1.82) is 0 Å². The number of amides is 1. The van der Waals surface area contributed by atoms with E-state index in [1.54, 1.807) is 6.21 Å². The van der Waals surface area contributed by atoms with E-state index in [1.807, 2.05) is 24.3 Å². The normalized spacial score (nSPS) is 18.5. The number of nitrogens with zero attached hydrogens (tertiary/aromatic N) is 2. The van der Waals surface area contributed by atoms with Crippen molar-refractivity contribution in [2.45, 2.75) is 0 Å². The van der Waals surface area contributed by atoms with Gasteiger partial charge in [0.25, 0.3) is 5.91 Å². The van der Waals surface area contributed by atoms with Crippen LogP contribution in [-0.2, 0) is 14.3 Å². The van der Waals surface area contributed by atoms with Crippen LogP contribution >= 0.6 is 34.4 Å². The average Bonchev–Trinajstić information content (AvgIpc) is 2.81. The molecule has 1 aliphatic rings. The Morgan fingerprint density at radius 2 is 2.10 bits per heavy atom. The maximum absolute atomic E-state index is 11.6. The van der Waals surface area contributed by atoms with Crippen molar-refractivity contribution < 1.29 is 14.3 Å². The molecule has 0 saturated carbocycles. The minimum absolute atomic E-state index is 0.227. The number of esters is 1. The van der Waals surface area contributed by atoms with E-state index < -0.39 is 11.9 Å². The van der Waals surface area contributed by atoms with E-state index in [1.165, 1.54) is 7.11 Å². The predicted molar refractivity (Wildman–Crippen MR) is 90.0 cm³/mol. The molecule has 0 radical (unpaired) electrons. The summed E-state index contributed by atoms with van der Waals surface area (Å²) in [7, 11) is 1.25. The molecular weight excluding hydrogens is 405 g/mol.